The normalized spacial score (nSPS) is 11.9. The van der Waals surface area contributed by atoms with Gasteiger partial charge in [-0.05, 0) is 6.42 Å². The second kappa shape index (κ2) is 6.42. The summed E-state index contributed by atoms with van der Waals surface area (Å²) < 4.78 is 4.37. The van der Waals surface area contributed by atoms with Gasteiger partial charge in [-0.3, -0.25) is 4.79 Å². The fraction of sp³-hybridized carbons (Fsp3) is 0.750. The van der Waals surface area contributed by atoms with E-state index in [4.69, 9.17) is 5.11 Å². The van der Waals surface area contributed by atoms with E-state index in [1.54, 1.807) is 0 Å². The summed E-state index contributed by atoms with van der Waals surface area (Å²) in [5.41, 5.74) is 0. The van der Waals surface area contributed by atoms with E-state index in [-0.39, 0.29) is 5.91 Å². The Bertz CT molecular complexity index is 181. The van der Waals surface area contributed by atoms with Crippen molar-refractivity contribution in [3.63, 3.8) is 0 Å². The van der Waals surface area contributed by atoms with Crippen molar-refractivity contribution in [1.29, 1.82) is 0 Å². The van der Waals surface area contributed by atoms with Crippen LogP contribution < -0.4 is 5.32 Å². The fourth-order valence-corrected chi connectivity index (χ4v) is 0.815. The van der Waals surface area contributed by atoms with Gasteiger partial charge in [0.25, 0.3) is 0 Å². The zero-order valence-electron chi connectivity index (χ0n) is 7.87. The molecule has 1 amide bonds. The summed E-state index contributed by atoms with van der Waals surface area (Å²) in [6.45, 7) is 1.41. The van der Waals surface area contributed by atoms with E-state index in [1.165, 1.54) is 7.11 Å². The second-order valence-electron chi connectivity index (χ2n) is 2.58. The molecular formula is C8H15NO4. The zero-order valence-corrected chi connectivity index (χ0v) is 7.87. The Morgan fingerprint density at radius 2 is 2.15 bits per heavy atom. The first-order valence-corrected chi connectivity index (χ1v) is 4.13. The number of methoxy groups -OCH3 is 1. The molecule has 0 aliphatic heterocycles. The number of carbonyl (C=O) groups excluding carboxylic acids is 2. The zero-order chi connectivity index (χ0) is 10.3. The molecule has 0 radical (unpaired) electrons. The Kier molecular flexibility index (Phi) is 5.88. The molecule has 0 fully saturated rings. The van der Waals surface area contributed by atoms with Crippen molar-refractivity contribution in [2.24, 2.45) is 0 Å². The van der Waals surface area contributed by atoms with Crippen molar-refractivity contribution in [2.75, 3.05) is 13.7 Å². The quantitative estimate of drug-likeness (QED) is 0.568. The highest BCUT2D eigenvalue weighted by Crippen LogP contribution is 1.91. The molecule has 0 saturated heterocycles. The summed E-state index contributed by atoms with van der Waals surface area (Å²) >= 11 is 0. The number of hydrogen-bond donors (Lipinski definition) is 2. The van der Waals surface area contributed by atoms with Crippen LogP contribution in [0.4, 0.5) is 0 Å². The Hall–Kier alpha value is -1.10. The molecule has 0 bridgehead atoms. The van der Waals surface area contributed by atoms with Crippen LogP contribution in [0.15, 0.2) is 0 Å². The molecule has 0 saturated carbocycles. The van der Waals surface area contributed by atoms with Crippen LogP contribution in [0.2, 0.25) is 0 Å². The lowest BCUT2D eigenvalue weighted by Gasteiger charge is -2.12. The van der Waals surface area contributed by atoms with E-state index in [0.29, 0.717) is 12.8 Å². The molecular weight excluding hydrogens is 174 g/mol. The van der Waals surface area contributed by atoms with Gasteiger partial charge >= 0.3 is 5.97 Å². The molecule has 0 aromatic carbocycles. The monoisotopic (exact) mass is 189 g/mol. The molecule has 1 atom stereocenters. The SMILES string of the molecule is CCCC(=O)NC(CO)C(=O)OC. The van der Waals surface area contributed by atoms with Gasteiger partial charge in [0.05, 0.1) is 13.7 Å². The highest BCUT2D eigenvalue weighted by Gasteiger charge is 2.19. The number of rotatable bonds is 5. The van der Waals surface area contributed by atoms with E-state index in [0.717, 1.165) is 0 Å². The minimum Gasteiger partial charge on any atom is -0.467 e. The third-order valence-electron chi connectivity index (χ3n) is 1.48. The molecule has 0 heterocycles. The molecule has 0 spiro atoms. The largest absolute Gasteiger partial charge is 0.467 e. The first-order chi connectivity index (χ1) is 6.15. The maximum atomic E-state index is 11.0. The van der Waals surface area contributed by atoms with Gasteiger partial charge in [0.2, 0.25) is 5.91 Å². The molecule has 76 valence electrons. The van der Waals surface area contributed by atoms with Crippen molar-refractivity contribution < 1.29 is 19.4 Å². The van der Waals surface area contributed by atoms with Crippen LogP contribution in [0, 0.1) is 0 Å². The highest BCUT2D eigenvalue weighted by atomic mass is 16.5. The minimum absolute atomic E-state index is 0.257. The van der Waals surface area contributed by atoms with Crippen LogP contribution >= 0.6 is 0 Å². The molecule has 5 nitrogen and oxygen atoms in total. The summed E-state index contributed by atoms with van der Waals surface area (Å²) in [4.78, 5) is 21.9. The third kappa shape index (κ3) is 4.47. The summed E-state index contributed by atoms with van der Waals surface area (Å²) in [5.74, 6) is -0.890. The van der Waals surface area contributed by atoms with E-state index >= 15 is 0 Å². The van der Waals surface area contributed by atoms with Crippen LogP contribution in [0.1, 0.15) is 19.8 Å². The van der Waals surface area contributed by atoms with Gasteiger partial charge in [-0.25, -0.2) is 4.79 Å². The molecule has 0 aromatic heterocycles. The van der Waals surface area contributed by atoms with Gasteiger partial charge in [-0.15, -0.1) is 0 Å². The second-order valence-corrected chi connectivity index (χ2v) is 2.58. The van der Waals surface area contributed by atoms with Gasteiger partial charge in [-0.1, -0.05) is 6.92 Å². The van der Waals surface area contributed by atoms with Crippen molar-refractivity contribution in [2.45, 2.75) is 25.8 Å². The summed E-state index contributed by atoms with van der Waals surface area (Å²) in [5, 5.41) is 11.1. The number of esters is 1. The van der Waals surface area contributed by atoms with Crippen molar-refractivity contribution >= 4 is 11.9 Å². The Morgan fingerprint density at radius 3 is 2.54 bits per heavy atom. The average Bonchev–Trinajstić information content (AvgIpc) is 2.13. The number of aliphatic hydroxyl groups is 1. The number of nitrogens with one attached hydrogen (secondary N) is 1. The van der Waals surface area contributed by atoms with E-state index < -0.39 is 18.6 Å². The van der Waals surface area contributed by atoms with Gasteiger partial charge in [0, 0.05) is 6.42 Å². The maximum absolute atomic E-state index is 11.0. The first kappa shape index (κ1) is 11.9. The number of ether oxygens (including phenoxy) is 1. The average molecular weight is 189 g/mol. The fourth-order valence-electron chi connectivity index (χ4n) is 0.815. The number of carbonyl (C=O) groups is 2. The van der Waals surface area contributed by atoms with Crippen LogP contribution in [0.5, 0.6) is 0 Å². The molecule has 2 N–H and O–H groups in total. The lowest BCUT2D eigenvalue weighted by Crippen LogP contribution is -2.43. The third-order valence-corrected chi connectivity index (χ3v) is 1.48. The molecule has 1 unspecified atom stereocenters. The van der Waals surface area contributed by atoms with Gasteiger partial charge in [0.1, 0.15) is 0 Å². The van der Waals surface area contributed by atoms with E-state index in [9.17, 15) is 9.59 Å². The lowest BCUT2D eigenvalue weighted by molar-refractivity contribution is -0.146. The van der Waals surface area contributed by atoms with Crippen molar-refractivity contribution in [1.82, 2.24) is 5.32 Å². The molecule has 0 aromatic rings. The van der Waals surface area contributed by atoms with Crippen LogP contribution in [0.25, 0.3) is 0 Å². The standard InChI is InChI=1S/C8H15NO4/c1-3-4-7(11)9-6(5-10)8(12)13-2/h6,10H,3-5H2,1-2H3,(H,9,11). The molecule has 5 heteroatoms. The van der Waals surface area contributed by atoms with Crippen molar-refractivity contribution in [3.05, 3.63) is 0 Å². The van der Waals surface area contributed by atoms with Crippen LogP contribution in [0.3, 0.4) is 0 Å². The lowest BCUT2D eigenvalue weighted by atomic mass is 10.2. The topological polar surface area (TPSA) is 75.6 Å². The van der Waals surface area contributed by atoms with Crippen LogP contribution in [-0.4, -0.2) is 36.7 Å². The number of amides is 1. The molecule has 0 aliphatic carbocycles. The Morgan fingerprint density at radius 1 is 1.54 bits per heavy atom. The highest BCUT2D eigenvalue weighted by molar-refractivity contribution is 5.84. The number of hydrogen-bond acceptors (Lipinski definition) is 4. The van der Waals surface area contributed by atoms with Gasteiger partial charge < -0.3 is 15.2 Å². The predicted octanol–water partition coefficient (Wildman–Crippen LogP) is -0.563. The maximum Gasteiger partial charge on any atom is 0.330 e. The Balaban J connectivity index is 3.97. The van der Waals surface area contributed by atoms with E-state index in [1.807, 2.05) is 6.92 Å². The molecule has 0 aliphatic rings. The molecule has 0 rings (SSSR count). The number of aliphatic hydroxyl groups excluding tert-OH is 1. The summed E-state index contributed by atoms with van der Waals surface area (Å²) in [6, 6.07) is -0.941. The van der Waals surface area contributed by atoms with Gasteiger partial charge in [0.15, 0.2) is 6.04 Å². The molecule has 13 heavy (non-hydrogen) atoms. The summed E-state index contributed by atoms with van der Waals surface area (Å²) in [7, 11) is 1.21. The van der Waals surface area contributed by atoms with Crippen LogP contribution in [-0.2, 0) is 14.3 Å². The van der Waals surface area contributed by atoms with E-state index in [2.05, 4.69) is 10.1 Å². The predicted molar refractivity (Wildman–Crippen MR) is 45.9 cm³/mol. The smallest absolute Gasteiger partial charge is 0.330 e. The minimum atomic E-state index is -0.941. The first-order valence-electron chi connectivity index (χ1n) is 4.13. The Labute approximate surface area is 77.1 Å². The summed E-state index contributed by atoms with van der Waals surface area (Å²) in [6.07, 6.45) is 1.04. The van der Waals surface area contributed by atoms with Gasteiger partial charge in [-0.2, -0.15) is 0 Å². The van der Waals surface area contributed by atoms with Crippen molar-refractivity contribution in [3.8, 4) is 0 Å².